The van der Waals surface area contributed by atoms with E-state index in [2.05, 4.69) is 25.7 Å². The molecule has 2 aromatic heterocycles. The van der Waals surface area contributed by atoms with Crippen molar-refractivity contribution in [3.8, 4) is 0 Å². The molecule has 0 saturated carbocycles. The fourth-order valence-corrected chi connectivity index (χ4v) is 3.45. The van der Waals surface area contributed by atoms with Gasteiger partial charge in [0.1, 0.15) is 5.51 Å². The summed E-state index contributed by atoms with van der Waals surface area (Å²) in [5.41, 5.74) is 4.98. The number of hydrogen-bond donors (Lipinski definition) is 2. The van der Waals surface area contributed by atoms with E-state index >= 15 is 0 Å². The molecule has 2 heterocycles. The summed E-state index contributed by atoms with van der Waals surface area (Å²) in [6.07, 6.45) is 5.94. The summed E-state index contributed by atoms with van der Waals surface area (Å²) in [5.74, 6) is -0.301. The number of nitrogens with one attached hydrogen (secondary N) is 2. The van der Waals surface area contributed by atoms with Crippen LogP contribution in [0.3, 0.4) is 0 Å². The molecule has 0 fully saturated rings. The molecular formula is C16H22N6O2S. The molecule has 1 aliphatic carbocycles. The molecule has 0 radical (unpaired) electrons. The van der Waals surface area contributed by atoms with Crippen molar-refractivity contribution in [1.82, 2.24) is 25.3 Å². The van der Waals surface area contributed by atoms with Crippen LogP contribution in [0.5, 0.6) is 0 Å². The van der Waals surface area contributed by atoms with Gasteiger partial charge in [0.25, 0.3) is 0 Å². The first-order valence-corrected chi connectivity index (χ1v) is 9.36. The zero-order chi connectivity index (χ0) is 17.6. The Kier molecular flexibility index (Phi) is 5.75. The molecule has 1 aliphatic rings. The molecule has 0 unspecified atom stereocenters. The number of nitrogens with zero attached hydrogens (tertiary/aromatic N) is 4. The van der Waals surface area contributed by atoms with Gasteiger partial charge in [0.15, 0.2) is 0 Å². The first-order valence-electron chi connectivity index (χ1n) is 8.48. The van der Waals surface area contributed by atoms with Crippen molar-refractivity contribution in [3.63, 3.8) is 0 Å². The molecule has 0 aliphatic heterocycles. The van der Waals surface area contributed by atoms with Gasteiger partial charge in [-0.3, -0.25) is 14.7 Å². The van der Waals surface area contributed by atoms with Crippen molar-refractivity contribution in [1.29, 1.82) is 0 Å². The third-order valence-electron chi connectivity index (χ3n) is 4.38. The maximum atomic E-state index is 12.3. The lowest BCUT2D eigenvalue weighted by molar-refractivity contribution is -0.132. The smallest absolute Gasteiger partial charge is 0.226 e. The van der Waals surface area contributed by atoms with Crippen molar-refractivity contribution in [2.75, 3.05) is 12.4 Å². The largest absolute Gasteiger partial charge is 0.340 e. The Morgan fingerprint density at radius 1 is 1.28 bits per heavy atom. The third kappa shape index (κ3) is 4.62. The highest BCUT2D eigenvalue weighted by Gasteiger charge is 2.19. The van der Waals surface area contributed by atoms with Crippen LogP contribution in [-0.4, -0.2) is 44.2 Å². The lowest BCUT2D eigenvalue weighted by Gasteiger charge is -2.16. The Morgan fingerprint density at radius 3 is 2.92 bits per heavy atom. The third-order valence-corrected chi connectivity index (χ3v) is 4.98. The molecule has 9 heteroatoms. The number of hydrogen-bond acceptors (Lipinski definition) is 6. The lowest BCUT2D eigenvalue weighted by atomic mass is 10.1. The molecule has 25 heavy (non-hydrogen) atoms. The van der Waals surface area contributed by atoms with E-state index < -0.39 is 0 Å². The molecular weight excluding hydrogens is 340 g/mol. The average molecular weight is 362 g/mol. The second-order valence-electron chi connectivity index (χ2n) is 6.23. The zero-order valence-electron chi connectivity index (χ0n) is 14.2. The molecule has 8 nitrogen and oxygen atoms in total. The minimum atomic E-state index is -0.230. The van der Waals surface area contributed by atoms with E-state index in [0.29, 0.717) is 11.7 Å². The maximum Gasteiger partial charge on any atom is 0.226 e. The van der Waals surface area contributed by atoms with E-state index in [-0.39, 0.29) is 24.7 Å². The number of aromatic nitrogens is 4. The van der Waals surface area contributed by atoms with Crippen LogP contribution in [0.15, 0.2) is 5.51 Å². The number of carbonyl (C=O) groups excluding carboxylic acids is 2. The topological polar surface area (TPSA) is 104 Å². The van der Waals surface area contributed by atoms with Crippen molar-refractivity contribution in [2.24, 2.45) is 0 Å². The van der Waals surface area contributed by atoms with Crippen LogP contribution < -0.4 is 5.32 Å². The van der Waals surface area contributed by atoms with Crippen molar-refractivity contribution in [3.05, 3.63) is 22.5 Å². The Labute approximate surface area is 150 Å². The van der Waals surface area contributed by atoms with Gasteiger partial charge >= 0.3 is 0 Å². The fourth-order valence-electron chi connectivity index (χ4n) is 2.99. The molecule has 0 aromatic carbocycles. The van der Waals surface area contributed by atoms with Gasteiger partial charge in [-0.05, 0) is 31.2 Å². The Balaban J connectivity index is 1.49. The standard InChI is InChI=1S/C16H22N6O2S/c1-22(9-13-11-5-3-2-4-6-12(11)19-20-13)15(24)8-7-14(23)18-16-21-17-10-25-16/h10H,2-9H2,1H3,(H,19,20)(H,18,21,23). The summed E-state index contributed by atoms with van der Waals surface area (Å²) in [5, 5.41) is 18.0. The Morgan fingerprint density at radius 2 is 2.12 bits per heavy atom. The molecule has 2 aromatic rings. The van der Waals surface area contributed by atoms with Crippen LogP contribution >= 0.6 is 11.3 Å². The van der Waals surface area contributed by atoms with Crippen LogP contribution in [0.4, 0.5) is 5.13 Å². The van der Waals surface area contributed by atoms with Crippen LogP contribution in [-0.2, 0) is 29.0 Å². The van der Waals surface area contributed by atoms with Crippen LogP contribution in [0.2, 0.25) is 0 Å². The fraction of sp³-hybridized carbons (Fsp3) is 0.562. The number of anilines is 1. The van der Waals surface area contributed by atoms with E-state index in [9.17, 15) is 9.59 Å². The summed E-state index contributed by atoms with van der Waals surface area (Å²) < 4.78 is 0. The van der Waals surface area contributed by atoms with E-state index in [1.807, 2.05) is 0 Å². The van der Waals surface area contributed by atoms with Gasteiger partial charge < -0.3 is 10.2 Å². The van der Waals surface area contributed by atoms with E-state index in [1.165, 1.54) is 41.9 Å². The highest BCUT2D eigenvalue weighted by molar-refractivity contribution is 7.13. The molecule has 0 bridgehead atoms. The predicted octanol–water partition coefficient (Wildman–Crippen LogP) is 1.91. The summed E-state index contributed by atoms with van der Waals surface area (Å²) in [6.45, 7) is 0.475. The molecule has 0 saturated heterocycles. The molecule has 2 N–H and O–H groups in total. The van der Waals surface area contributed by atoms with Gasteiger partial charge in [-0.25, -0.2) is 0 Å². The summed E-state index contributed by atoms with van der Waals surface area (Å²) in [7, 11) is 1.75. The van der Waals surface area contributed by atoms with E-state index in [1.54, 1.807) is 17.5 Å². The maximum absolute atomic E-state index is 12.3. The molecule has 134 valence electrons. The monoisotopic (exact) mass is 362 g/mol. The van der Waals surface area contributed by atoms with Crippen LogP contribution in [0, 0.1) is 0 Å². The number of aromatic amines is 1. The van der Waals surface area contributed by atoms with E-state index in [4.69, 9.17) is 0 Å². The number of fused-ring (bicyclic) bond motifs is 1. The van der Waals surface area contributed by atoms with Crippen molar-refractivity contribution < 1.29 is 9.59 Å². The number of aryl methyl sites for hydroxylation is 1. The lowest BCUT2D eigenvalue weighted by Crippen LogP contribution is -2.27. The molecule has 2 amide bonds. The second-order valence-corrected chi connectivity index (χ2v) is 7.06. The molecule has 3 rings (SSSR count). The first kappa shape index (κ1) is 17.5. The predicted molar refractivity (Wildman–Crippen MR) is 94.1 cm³/mol. The van der Waals surface area contributed by atoms with Gasteiger partial charge in [0, 0.05) is 25.6 Å². The highest BCUT2D eigenvalue weighted by Crippen LogP contribution is 2.22. The first-order chi connectivity index (χ1) is 12.1. The quantitative estimate of drug-likeness (QED) is 0.764. The summed E-state index contributed by atoms with van der Waals surface area (Å²) in [4.78, 5) is 25.8. The summed E-state index contributed by atoms with van der Waals surface area (Å²) >= 11 is 1.25. The van der Waals surface area contributed by atoms with Crippen LogP contribution in [0.25, 0.3) is 0 Å². The number of amides is 2. The van der Waals surface area contributed by atoms with Gasteiger partial charge in [-0.2, -0.15) is 5.10 Å². The number of H-pyrrole nitrogens is 1. The minimum absolute atomic E-state index is 0.0715. The van der Waals surface area contributed by atoms with E-state index in [0.717, 1.165) is 18.5 Å². The Hall–Kier alpha value is -2.29. The molecule has 0 atom stereocenters. The molecule has 0 spiro atoms. The normalized spacial score (nSPS) is 13.8. The zero-order valence-corrected chi connectivity index (χ0v) is 15.1. The number of rotatable bonds is 6. The number of carbonyl (C=O) groups is 2. The summed E-state index contributed by atoms with van der Waals surface area (Å²) in [6, 6.07) is 0. The minimum Gasteiger partial charge on any atom is -0.340 e. The van der Waals surface area contributed by atoms with Crippen molar-refractivity contribution in [2.45, 2.75) is 51.5 Å². The van der Waals surface area contributed by atoms with Crippen LogP contribution in [0.1, 0.15) is 49.1 Å². The highest BCUT2D eigenvalue weighted by atomic mass is 32.1. The van der Waals surface area contributed by atoms with Gasteiger partial charge in [-0.15, -0.1) is 10.2 Å². The van der Waals surface area contributed by atoms with Gasteiger partial charge in [0.2, 0.25) is 16.9 Å². The van der Waals surface area contributed by atoms with Gasteiger partial charge in [0.05, 0.1) is 12.2 Å². The second kappa shape index (κ2) is 8.19. The van der Waals surface area contributed by atoms with Gasteiger partial charge in [-0.1, -0.05) is 17.8 Å². The SMILES string of the molecule is CN(Cc1n[nH]c2c1CCCCC2)C(=O)CCC(=O)Nc1nncs1. The average Bonchev–Trinajstić information content (AvgIpc) is 3.17. The Bertz CT molecular complexity index is 727. The van der Waals surface area contributed by atoms with Crippen molar-refractivity contribution >= 4 is 28.3 Å².